The second kappa shape index (κ2) is 6.39. The summed E-state index contributed by atoms with van der Waals surface area (Å²) in [4.78, 5) is 6.61. The quantitative estimate of drug-likeness (QED) is 0.746. The number of anilines is 2. The van der Waals surface area contributed by atoms with Crippen molar-refractivity contribution in [1.29, 1.82) is 0 Å². The molecule has 0 N–H and O–H groups in total. The zero-order chi connectivity index (χ0) is 13.7. The van der Waals surface area contributed by atoms with Gasteiger partial charge in [-0.15, -0.1) is 16.1 Å². The van der Waals surface area contributed by atoms with E-state index < -0.39 is 0 Å². The van der Waals surface area contributed by atoms with Crippen molar-refractivity contribution >= 4 is 11.6 Å². The van der Waals surface area contributed by atoms with E-state index in [1.165, 1.54) is 0 Å². The van der Waals surface area contributed by atoms with Crippen LogP contribution in [0.25, 0.3) is 0 Å². The lowest BCUT2D eigenvalue weighted by molar-refractivity contribution is 0.287. The fraction of sp³-hybridized carbons (Fsp3) is 0.571. The van der Waals surface area contributed by atoms with E-state index in [-0.39, 0.29) is 0 Å². The normalized spacial score (nSPS) is 15.8. The van der Waals surface area contributed by atoms with E-state index in [1.807, 2.05) is 38.1 Å². The van der Waals surface area contributed by atoms with Gasteiger partial charge in [-0.1, -0.05) is 5.92 Å². The zero-order valence-corrected chi connectivity index (χ0v) is 11.9. The molecule has 0 aliphatic carbocycles. The number of nitrogens with zero attached hydrogens (tertiary/aromatic N) is 5. The molecule has 1 aliphatic heterocycles. The van der Waals surface area contributed by atoms with Crippen LogP contribution >= 0.6 is 0 Å². The van der Waals surface area contributed by atoms with Crippen LogP contribution < -0.4 is 9.80 Å². The molecule has 0 amide bonds. The largest absolute Gasteiger partial charge is 0.361 e. The molecule has 1 aromatic heterocycles. The number of aromatic nitrogens is 2. The van der Waals surface area contributed by atoms with Crippen LogP contribution in [0.2, 0.25) is 0 Å². The topological polar surface area (TPSA) is 35.5 Å². The molecule has 1 fully saturated rings. The average Bonchev–Trinajstić information content (AvgIpc) is 2.46. The van der Waals surface area contributed by atoms with Gasteiger partial charge in [0.2, 0.25) is 0 Å². The molecule has 102 valence electrons. The third-order valence-corrected chi connectivity index (χ3v) is 3.27. The smallest absolute Gasteiger partial charge is 0.151 e. The summed E-state index contributed by atoms with van der Waals surface area (Å²) < 4.78 is 0. The third-order valence-electron chi connectivity index (χ3n) is 3.27. The molecule has 0 bridgehead atoms. The van der Waals surface area contributed by atoms with E-state index in [1.54, 1.807) is 0 Å². The average molecular weight is 259 g/mol. The highest BCUT2D eigenvalue weighted by molar-refractivity contribution is 5.44. The maximum absolute atomic E-state index is 4.30. The summed E-state index contributed by atoms with van der Waals surface area (Å²) in [5.41, 5.74) is 0. The minimum atomic E-state index is 0.871. The number of hydrogen-bond acceptors (Lipinski definition) is 5. The van der Waals surface area contributed by atoms with Gasteiger partial charge in [0.05, 0.1) is 6.54 Å². The first-order chi connectivity index (χ1) is 9.20. The van der Waals surface area contributed by atoms with Gasteiger partial charge in [0.25, 0.3) is 0 Å². The third kappa shape index (κ3) is 3.58. The fourth-order valence-electron chi connectivity index (χ4n) is 2.05. The Morgan fingerprint density at radius 2 is 1.89 bits per heavy atom. The van der Waals surface area contributed by atoms with Gasteiger partial charge in [-0.05, 0) is 19.1 Å². The van der Waals surface area contributed by atoms with E-state index in [9.17, 15) is 0 Å². The summed E-state index contributed by atoms with van der Waals surface area (Å²) >= 11 is 0. The van der Waals surface area contributed by atoms with Crippen molar-refractivity contribution in [3.63, 3.8) is 0 Å². The lowest BCUT2D eigenvalue weighted by atomic mass is 10.3. The Hall–Kier alpha value is -1.80. The molecule has 2 heterocycles. The molecule has 5 nitrogen and oxygen atoms in total. The van der Waals surface area contributed by atoms with Crippen molar-refractivity contribution in [1.82, 2.24) is 15.1 Å². The SMILES string of the molecule is CC#CCN1CCN(c2ccc(N(C)C)nn2)CC1. The van der Waals surface area contributed by atoms with Crippen molar-refractivity contribution in [2.75, 3.05) is 56.6 Å². The molecule has 0 spiro atoms. The van der Waals surface area contributed by atoms with Crippen molar-refractivity contribution in [3.8, 4) is 11.8 Å². The van der Waals surface area contributed by atoms with Crippen molar-refractivity contribution in [2.45, 2.75) is 6.92 Å². The van der Waals surface area contributed by atoms with E-state index in [2.05, 4.69) is 31.8 Å². The molecule has 0 radical (unpaired) electrons. The Labute approximate surface area is 115 Å². The van der Waals surface area contributed by atoms with Crippen molar-refractivity contribution in [3.05, 3.63) is 12.1 Å². The monoisotopic (exact) mass is 259 g/mol. The number of piperazine rings is 1. The predicted molar refractivity (Wildman–Crippen MR) is 78.5 cm³/mol. The highest BCUT2D eigenvalue weighted by Crippen LogP contribution is 2.14. The van der Waals surface area contributed by atoms with Crippen LogP contribution in [0, 0.1) is 11.8 Å². The van der Waals surface area contributed by atoms with Gasteiger partial charge in [-0.25, -0.2) is 0 Å². The minimum absolute atomic E-state index is 0.871. The summed E-state index contributed by atoms with van der Waals surface area (Å²) in [6.45, 7) is 6.80. The van der Waals surface area contributed by atoms with Crippen molar-refractivity contribution in [2.24, 2.45) is 0 Å². The first kappa shape index (κ1) is 13.6. The Balaban J connectivity index is 1.91. The summed E-state index contributed by atoms with van der Waals surface area (Å²) in [6.07, 6.45) is 0. The van der Waals surface area contributed by atoms with Crippen molar-refractivity contribution < 1.29 is 0 Å². The summed E-state index contributed by atoms with van der Waals surface area (Å²) in [5.74, 6) is 7.91. The van der Waals surface area contributed by atoms with Gasteiger partial charge < -0.3 is 9.80 Å². The molecule has 2 rings (SSSR count). The first-order valence-electron chi connectivity index (χ1n) is 6.58. The summed E-state index contributed by atoms with van der Waals surface area (Å²) in [7, 11) is 3.94. The molecule has 0 atom stereocenters. The molecular weight excluding hydrogens is 238 g/mol. The van der Waals surface area contributed by atoms with Gasteiger partial charge in [0, 0.05) is 40.3 Å². The molecule has 1 aromatic rings. The second-order valence-corrected chi connectivity index (χ2v) is 4.83. The van der Waals surface area contributed by atoms with Gasteiger partial charge in [-0.2, -0.15) is 0 Å². The summed E-state index contributed by atoms with van der Waals surface area (Å²) in [6, 6.07) is 4.06. The summed E-state index contributed by atoms with van der Waals surface area (Å²) in [5, 5.41) is 8.52. The molecule has 1 saturated heterocycles. The highest BCUT2D eigenvalue weighted by Gasteiger charge is 2.17. The maximum Gasteiger partial charge on any atom is 0.151 e. The Kier molecular flexibility index (Phi) is 4.58. The molecule has 0 saturated carbocycles. The van der Waals surface area contributed by atoms with Gasteiger partial charge in [0.1, 0.15) is 0 Å². The van der Waals surface area contributed by atoms with Crippen LogP contribution in [0.4, 0.5) is 11.6 Å². The van der Waals surface area contributed by atoms with E-state index in [4.69, 9.17) is 0 Å². The van der Waals surface area contributed by atoms with Crippen LogP contribution in [0.15, 0.2) is 12.1 Å². The van der Waals surface area contributed by atoms with E-state index >= 15 is 0 Å². The van der Waals surface area contributed by atoms with Gasteiger partial charge in [-0.3, -0.25) is 4.90 Å². The van der Waals surface area contributed by atoms with E-state index in [0.29, 0.717) is 0 Å². The Morgan fingerprint density at radius 3 is 2.42 bits per heavy atom. The number of hydrogen-bond donors (Lipinski definition) is 0. The molecular formula is C14H21N5. The molecule has 0 aromatic carbocycles. The van der Waals surface area contributed by atoms with Crippen LogP contribution in [0.1, 0.15) is 6.92 Å². The van der Waals surface area contributed by atoms with Gasteiger partial charge in [0.15, 0.2) is 11.6 Å². The predicted octanol–water partition coefficient (Wildman–Crippen LogP) is 0.688. The molecule has 19 heavy (non-hydrogen) atoms. The molecule has 0 unspecified atom stereocenters. The molecule has 5 heteroatoms. The van der Waals surface area contributed by atoms with Crippen LogP contribution in [0.3, 0.4) is 0 Å². The van der Waals surface area contributed by atoms with Crippen LogP contribution in [0.5, 0.6) is 0 Å². The highest BCUT2D eigenvalue weighted by atomic mass is 15.3. The first-order valence-corrected chi connectivity index (χ1v) is 6.58. The Morgan fingerprint density at radius 1 is 1.16 bits per heavy atom. The number of rotatable bonds is 3. The minimum Gasteiger partial charge on any atom is -0.361 e. The Bertz CT molecular complexity index is 449. The second-order valence-electron chi connectivity index (χ2n) is 4.83. The maximum atomic E-state index is 4.30. The fourth-order valence-corrected chi connectivity index (χ4v) is 2.05. The lowest BCUT2D eigenvalue weighted by Crippen LogP contribution is -2.46. The zero-order valence-electron chi connectivity index (χ0n) is 11.9. The molecule has 1 aliphatic rings. The lowest BCUT2D eigenvalue weighted by Gasteiger charge is -2.34. The standard InChI is InChI=1S/C14H21N5/c1-4-5-8-18-9-11-19(12-10-18)14-7-6-13(15-16-14)17(2)3/h6-7H,8-12H2,1-3H3. The van der Waals surface area contributed by atoms with Crippen LogP contribution in [-0.2, 0) is 0 Å². The van der Waals surface area contributed by atoms with Gasteiger partial charge >= 0.3 is 0 Å². The van der Waals surface area contributed by atoms with Crippen LogP contribution in [-0.4, -0.2) is 61.9 Å². The van der Waals surface area contributed by atoms with E-state index in [0.717, 1.165) is 44.4 Å².